The van der Waals surface area contributed by atoms with Gasteiger partial charge in [0.25, 0.3) is 0 Å². The summed E-state index contributed by atoms with van der Waals surface area (Å²) >= 11 is 0. The first-order valence-electron chi connectivity index (χ1n) is 6.38. The molecular weight excluding hydrogens is 210 g/mol. The fourth-order valence-electron chi connectivity index (χ4n) is 2.11. The summed E-state index contributed by atoms with van der Waals surface area (Å²) in [5.41, 5.74) is 2.59. The highest BCUT2D eigenvalue weighted by Crippen LogP contribution is 2.25. The lowest BCUT2D eigenvalue weighted by molar-refractivity contribution is 0.415. The number of hydrogen-bond acceptors (Lipinski definition) is 1. The molecule has 2 heteroatoms. The molecule has 1 N–H and O–H groups in total. The second-order valence-corrected chi connectivity index (χ2v) is 4.78. The lowest BCUT2D eigenvalue weighted by Crippen LogP contribution is -1.94. The predicted octanol–water partition coefficient (Wildman–Crippen LogP) is 4.16. The Morgan fingerprint density at radius 1 is 1.35 bits per heavy atom. The minimum Gasteiger partial charge on any atom is -0.497 e. The topological polar surface area (TPSA) is 25.0 Å². The smallest absolute Gasteiger partial charge is 0.120 e. The van der Waals surface area contributed by atoms with Gasteiger partial charge in [-0.2, -0.15) is 0 Å². The maximum atomic E-state index is 5.23. The maximum absolute atomic E-state index is 5.23. The van der Waals surface area contributed by atoms with Crippen molar-refractivity contribution in [1.29, 1.82) is 0 Å². The summed E-state index contributed by atoms with van der Waals surface area (Å²) in [6, 6.07) is 6.24. The molecule has 0 fully saturated rings. The summed E-state index contributed by atoms with van der Waals surface area (Å²) < 4.78 is 5.23. The van der Waals surface area contributed by atoms with Gasteiger partial charge in [0.2, 0.25) is 0 Å². The van der Waals surface area contributed by atoms with Crippen LogP contribution in [-0.2, 0) is 6.42 Å². The molecule has 17 heavy (non-hydrogen) atoms. The minimum absolute atomic E-state index is 0.804. The van der Waals surface area contributed by atoms with Crippen LogP contribution in [0.5, 0.6) is 5.75 Å². The Kier molecular flexibility index (Phi) is 3.72. The lowest BCUT2D eigenvalue weighted by atomic mass is 9.99. The molecule has 1 atom stereocenters. The highest BCUT2D eigenvalue weighted by Gasteiger charge is 2.06. The van der Waals surface area contributed by atoms with Crippen LogP contribution in [0.1, 0.15) is 32.3 Å². The standard InChI is InChI=1S/C15H21NO/c1-4-11(2)5-6-12-10-16-15-9-13(17-3)7-8-14(12)15/h7-11,16H,4-6H2,1-3H3. The molecule has 0 radical (unpaired) electrons. The fraction of sp³-hybridized carbons (Fsp3) is 0.467. The van der Waals surface area contributed by atoms with Gasteiger partial charge in [-0.1, -0.05) is 20.3 Å². The molecule has 1 heterocycles. The summed E-state index contributed by atoms with van der Waals surface area (Å²) in [6.07, 6.45) is 5.81. The molecule has 0 amide bonds. The number of aromatic nitrogens is 1. The quantitative estimate of drug-likeness (QED) is 0.821. The van der Waals surface area contributed by atoms with Crippen molar-refractivity contribution in [3.05, 3.63) is 30.0 Å². The molecule has 0 bridgehead atoms. The Morgan fingerprint density at radius 2 is 2.18 bits per heavy atom. The molecule has 0 saturated carbocycles. The normalized spacial score (nSPS) is 12.9. The fourth-order valence-corrected chi connectivity index (χ4v) is 2.11. The van der Waals surface area contributed by atoms with Gasteiger partial charge in [0.1, 0.15) is 5.75 Å². The van der Waals surface area contributed by atoms with Gasteiger partial charge in [-0.3, -0.25) is 0 Å². The largest absolute Gasteiger partial charge is 0.497 e. The Labute approximate surface area is 103 Å². The molecule has 1 unspecified atom stereocenters. The average Bonchev–Trinajstić information content (AvgIpc) is 2.77. The molecule has 0 aliphatic heterocycles. The van der Waals surface area contributed by atoms with E-state index in [4.69, 9.17) is 4.74 Å². The van der Waals surface area contributed by atoms with Crippen LogP contribution in [0, 0.1) is 5.92 Å². The second-order valence-electron chi connectivity index (χ2n) is 4.78. The monoisotopic (exact) mass is 231 g/mol. The van der Waals surface area contributed by atoms with Crippen molar-refractivity contribution in [1.82, 2.24) is 4.98 Å². The number of hydrogen-bond donors (Lipinski definition) is 1. The first-order valence-corrected chi connectivity index (χ1v) is 6.38. The van der Waals surface area contributed by atoms with E-state index in [0.29, 0.717) is 0 Å². The maximum Gasteiger partial charge on any atom is 0.120 e. The van der Waals surface area contributed by atoms with Gasteiger partial charge in [0, 0.05) is 23.2 Å². The molecule has 0 saturated heterocycles. The Balaban J connectivity index is 2.18. The van der Waals surface area contributed by atoms with Crippen LogP contribution in [0.15, 0.2) is 24.4 Å². The van der Waals surface area contributed by atoms with Gasteiger partial charge in [-0.05, 0) is 36.5 Å². The van der Waals surface area contributed by atoms with Crippen LogP contribution in [-0.4, -0.2) is 12.1 Å². The van der Waals surface area contributed by atoms with Crippen molar-refractivity contribution in [2.75, 3.05) is 7.11 Å². The van der Waals surface area contributed by atoms with E-state index in [1.165, 1.54) is 29.3 Å². The van der Waals surface area contributed by atoms with E-state index in [9.17, 15) is 0 Å². The number of ether oxygens (including phenoxy) is 1. The first-order chi connectivity index (χ1) is 8.24. The summed E-state index contributed by atoms with van der Waals surface area (Å²) in [5, 5.41) is 1.33. The van der Waals surface area contributed by atoms with Crippen molar-refractivity contribution < 1.29 is 4.74 Å². The van der Waals surface area contributed by atoms with E-state index in [1.807, 2.05) is 6.07 Å². The van der Waals surface area contributed by atoms with Gasteiger partial charge in [0.05, 0.1) is 7.11 Å². The van der Waals surface area contributed by atoms with E-state index >= 15 is 0 Å². The van der Waals surface area contributed by atoms with Gasteiger partial charge in [-0.25, -0.2) is 0 Å². The van der Waals surface area contributed by atoms with Crippen LogP contribution in [0.25, 0.3) is 10.9 Å². The first kappa shape index (κ1) is 12.0. The van der Waals surface area contributed by atoms with Crippen molar-refractivity contribution >= 4 is 10.9 Å². The van der Waals surface area contributed by atoms with E-state index < -0.39 is 0 Å². The van der Waals surface area contributed by atoms with Gasteiger partial charge >= 0.3 is 0 Å². The van der Waals surface area contributed by atoms with Crippen molar-refractivity contribution in [2.45, 2.75) is 33.1 Å². The number of fused-ring (bicyclic) bond motifs is 1. The highest BCUT2D eigenvalue weighted by molar-refractivity contribution is 5.84. The lowest BCUT2D eigenvalue weighted by Gasteiger charge is -2.07. The van der Waals surface area contributed by atoms with Crippen LogP contribution in [0.3, 0.4) is 0 Å². The third kappa shape index (κ3) is 2.63. The molecule has 2 rings (SSSR count). The highest BCUT2D eigenvalue weighted by atomic mass is 16.5. The van der Waals surface area contributed by atoms with E-state index in [2.05, 4.69) is 37.2 Å². The average molecular weight is 231 g/mol. The van der Waals surface area contributed by atoms with Crippen LogP contribution in [0.2, 0.25) is 0 Å². The van der Waals surface area contributed by atoms with E-state index in [0.717, 1.165) is 18.1 Å². The molecular formula is C15H21NO. The molecule has 2 nitrogen and oxygen atoms in total. The molecule has 0 spiro atoms. The number of H-pyrrole nitrogens is 1. The zero-order valence-electron chi connectivity index (χ0n) is 10.9. The summed E-state index contributed by atoms with van der Waals surface area (Å²) in [6.45, 7) is 4.57. The second kappa shape index (κ2) is 5.26. The molecule has 0 aliphatic rings. The number of methoxy groups -OCH3 is 1. The van der Waals surface area contributed by atoms with Crippen molar-refractivity contribution in [3.8, 4) is 5.75 Å². The van der Waals surface area contributed by atoms with Gasteiger partial charge in [0.15, 0.2) is 0 Å². The number of aryl methyl sites for hydroxylation is 1. The Hall–Kier alpha value is -1.44. The summed E-state index contributed by atoms with van der Waals surface area (Å²) in [4.78, 5) is 3.32. The van der Waals surface area contributed by atoms with Crippen molar-refractivity contribution in [2.24, 2.45) is 5.92 Å². The summed E-state index contributed by atoms with van der Waals surface area (Å²) in [5.74, 6) is 1.71. The number of benzene rings is 1. The third-order valence-corrected chi connectivity index (χ3v) is 3.58. The van der Waals surface area contributed by atoms with Gasteiger partial charge in [-0.15, -0.1) is 0 Å². The molecule has 1 aromatic heterocycles. The number of aromatic amines is 1. The Bertz CT molecular complexity index is 487. The molecule has 0 aliphatic carbocycles. The van der Waals surface area contributed by atoms with Crippen LogP contribution >= 0.6 is 0 Å². The molecule has 2 aromatic rings. The van der Waals surface area contributed by atoms with Crippen LogP contribution < -0.4 is 4.74 Å². The van der Waals surface area contributed by atoms with Crippen molar-refractivity contribution in [3.63, 3.8) is 0 Å². The minimum atomic E-state index is 0.804. The third-order valence-electron chi connectivity index (χ3n) is 3.58. The zero-order valence-corrected chi connectivity index (χ0v) is 10.9. The van der Waals surface area contributed by atoms with E-state index in [1.54, 1.807) is 7.11 Å². The predicted molar refractivity (Wildman–Crippen MR) is 72.6 cm³/mol. The number of nitrogens with one attached hydrogen (secondary N) is 1. The number of rotatable bonds is 5. The van der Waals surface area contributed by atoms with E-state index in [-0.39, 0.29) is 0 Å². The molecule has 1 aromatic carbocycles. The SMILES string of the molecule is CCC(C)CCc1c[nH]c2cc(OC)ccc12. The zero-order chi connectivity index (χ0) is 12.3. The Morgan fingerprint density at radius 3 is 2.88 bits per heavy atom. The van der Waals surface area contributed by atoms with Gasteiger partial charge < -0.3 is 9.72 Å². The van der Waals surface area contributed by atoms with Crippen LogP contribution in [0.4, 0.5) is 0 Å². The molecule has 92 valence electrons. The summed E-state index contributed by atoms with van der Waals surface area (Å²) in [7, 11) is 1.70.